The molecule has 0 aromatic rings. The topological polar surface area (TPSA) is 124 Å². The first kappa shape index (κ1) is 22.5. The summed E-state index contributed by atoms with van der Waals surface area (Å²) in [5, 5.41) is 0. The lowest BCUT2D eigenvalue weighted by molar-refractivity contribution is -0.152. The summed E-state index contributed by atoms with van der Waals surface area (Å²) in [4.78, 5) is 70.1. The quantitative estimate of drug-likeness (QED) is 0.620. The predicted molar refractivity (Wildman–Crippen MR) is 114 cm³/mol. The molecule has 0 unspecified atom stereocenters. The van der Waals surface area contributed by atoms with E-state index in [1.165, 1.54) is 11.8 Å². The third-order valence-corrected chi connectivity index (χ3v) is 7.45. The van der Waals surface area contributed by atoms with Gasteiger partial charge in [0, 0.05) is 33.1 Å². The first-order chi connectivity index (χ1) is 15.3. The second-order valence-electron chi connectivity index (χ2n) is 9.34. The summed E-state index contributed by atoms with van der Waals surface area (Å²) >= 11 is 0. The Bertz CT molecular complexity index is 753. The number of nitrogens with two attached hydrogens (primary N) is 1. The normalized spacial score (nSPS) is 30.3. The smallest absolute Gasteiger partial charge is 0.246 e. The number of amides is 5. The highest BCUT2D eigenvalue weighted by atomic mass is 16.2. The molecule has 10 nitrogen and oxygen atoms in total. The van der Waals surface area contributed by atoms with Crippen LogP contribution in [-0.4, -0.2) is 99.5 Å². The van der Waals surface area contributed by atoms with E-state index in [9.17, 15) is 24.0 Å². The van der Waals surface area contributed by atoms with Crippen LogP contribution in [0.3, 0.4) is 0 Å². The van der Waals surface area contributed by atoms with Gasteiger partial charge in [0.05, 0.1) is 0 Å². The number of carbonyl (C=O) groups excluding carboxylic acids is 5. The largest absolute Gasteiger partial charge is 0.368 e. The van der Waals surface area contributed by atoms with Crippen molar-refractivity contribution in [3.63, 3.8) is 0 Å². The number of primary amides is 1. The molecule has 0 aromatic heterocycles. The molecule has 4 aliphatic rings. The third kappa shape index (κ3) is 3.95. The number of nitrogens with zero attached hydrogens (tertiary/aromatic N) is 4. The molecule has 4 aliphatic heterocycles. The molecule has 2 N–H and O–H groups in total. The van der Waals surface area contributed by atoms with Crippen LogP contribution in [-0.2, 0) is 24.0 Å². The predicted octanol–water partition coefficient (Wildman–Crippen LogP) is -0.544. The van der Waals surface area contributed by atoms with Crippen LogP contribution in [0.2, 0.25) is 0 Å². The van der Waals surface area contributed by atoms with Gasteiger partial charge in [-0.05, 0) is 51.4 Å². The summed E-state index contributed by atoms with van der Waals surface area (Å²) in [6.45, 7) is 3.46. The van der Waals surface area contributed by atoms with E-state index >= 15 is 0 Å². The average Bonchev–Trinajstić information content (AvgIpc) is 3.56. The van der Waals surface area contributed by atoms with Crippen molar-refractivity contribution < 1.29 is 24.0 Å². The summed E-state index contributed by atoms with van der Waals surface area (Å²) in [5.41, 5.74) is 5.48. The Labute approximate surface area is 188 Å². The molecule has 4 atom stereocenters. The molecule has 0 bridgehead atoms. The van der Waals surface area contributed by atoms with Crippen LogP contribution in [0, 0.1) is 0 Å². The van der Waals surface area contributed by atoms with Crippen LogP contribution in [0.25, 0.3) is 0 Å². The maximum atomic E-state index is 13.5. The lowest BCUT2D eigenvalue weighted by Crippen LogP contribution is -2.57. The maximum Gasteiger partial charge on any atom is 0.246 e. The molecule has 0 saturated carbocycles. The first-order valence-electron chi connectivity index (χ1n) is 11.8. The van der Waals surface area contributed by atoms with Crippen molar-refractivity contribution in [3.05, 3.63) is 0 Å². The van der Waals surface area contributed by atoms with Gasteiger partial charge in [0.1, 0.15) is 24.2 Å². The van der Waals surface area contributed by atoms with Gasteiger partial charge in [-0.15, -0.1) is 0 Å². The van der Waals surface area contributed by atoms with Crippen molar-refractivity contribution in [2.75, 3.05) is 26.2 Å². The Morgan fingerprint density at radius 3 is 1.25 bits per heavy atom. The Morgan fingerprint density at radius 2 is 0.875 bits per heavy atom. The Kier molecular flexibility index (Phi) is 6.39. The molecule has 4 heterocycles. The third-order valence-electron chi connectivity index (χ3n) is 7.45. The molecule has 0 spiro atoms. The van der Waals surface area contributed by atoms with Gasteiger partial charge in [0.25, 0.3) is 0 Å². The van der Waals surface area contributed by atoms with Crippen LogP contribution in [0.4, 0.5) is 0 Å². The second-order valence-corrected chi connectivity index (χ2v) is 9.34. The van der Waals surface area contributed by atoms with Crippen LogP contribution in [0.5, 0.6) is 0 Å². The van der Waals surface area contributed by atoms with Gasteiger partial charge < -0.3 is 25.3 Å². The van der Waals surface area contributed by atoms with Gasteiger partial charge in [-0.1, -0.05) is 0 Å². The number of likely N-dealkylation sites (tertiary alicyclic amines) is 4. The zero-order chi connectivity index (χ0) is 23.0. The first-order valence-corrected chi connectivity index (χ1v) is 11.8. The average molecular weight is 448 g/mol. The van der Waals surface area contributed by atoms with E-state index in [2.05, 4.69) is 0 Å². The molecular weight excluding hydrogens is 414 g/mol. The van der Waals surface area contributed by atoms with Gasteiger partial charge in [-0.3, -0.25) is 24.0 Å². The van der Waals surface area contributed by atoms with E-state index in [-0.39, 0.29) is 23.6 Å². The van der Waals surface area contributed by atoms with Crippen molar-refractivity contribution in [3.8, 4) is 0 Å². The summed E-state index contributed by atoms with van der Waals surface area (Å²) in [6, 6.07) is -2.32. The molecular formula is C22H33N5O5. The molecule has 4 fully saturated rings. The summed E-state index contributed by atoms with van der Waals surface area (Å²) in [6.07, 6.45) is 5.21. The zero-order valence-corrected chi connectivity index (χ0v) is 18.7. The lowest BCUT2D eigenvalue weighted by atomic mass is 10.1. The fraction of sp³-hybridized carbons (Fsp3) is 0.773. The number of carbonyl (C=O) groups is 5. The second kappa shape index (κ2) is 9.07. The Balaban J connectivity index is 1.47. The highest BCUT2D eigenvalue weighted by molar-refractivity contribution is 5.96. The van der Waals surface area contributed by atoms with Gasteiger partial charge in [0.2, 0.25) is 29.5 Å². The van der Waals surface area contributed by atoms with Crippen LogP contribution in [0.1, 0.15) is 58.3 Å². The highest BCUT2D eigenvalue weighted by Crippen LogP contribution is 2.30. The summed E-state index contributed by atoms with van der Waals surface area (Å²) < 4.78 is 0. The standard InChI is InChI=1S/C22H33N5O5/c1-14(28)24-10-3-7-16(24)20(30)26-12-5-9-18(26)22(32)27-13-4-8-17(27)21(31)25-11-2-6-15(25)19(23)29/h15-18H,2-13H2,1H3,(H2,23,29)/t15-,16-,17-,18-/m0/s1. The van der Waals surface area contributed by atoms with Crippen LogP contribution in [0.15, 0.2) is 0 Å². The minimum Gasteiger partial charge on any atom is -0.368 e. The van der Waals surface area contributed by atoms with E-state index in [0.717, 1.165) is 19.3 Å². The monoisotopic (exact) mass is 447 g/mol. The number of rotatable bonds is 4. The molecule has 4 rings (SSSR count). The minimum atomic E-state index is -0.611. The van der Waals surface area contributed by atoms with E-state index in [0.29, 0.717) is 58.3 Å². The van der Waals surface area contributed by atoms with Crippen molar-refractivity contribution in [1.29, 1.82) is 0 Å². The van der Waals surface area contributed by atoms with Gasteiger partial charge >= 0.3 is 0 Å². The SMILES string of the molecule is CC(=O)N1CCC[C@H]1C(=O)N1CCC[C@H]1C(=O)N1CCC[C@H]1C(=O)N1CCC[C@H]1C(N)=O. The van der Waals surface area contributed by atoms with Gasteiger partial charge in [-0.2, -0.15) is 0 Å². The molecule has 32 heavy (non-hydrogen) atoms. The Morgan fingerprint density at radius 1 is 0.562 bits per heavy atom. The number of hydrogen-bond donors (Lipinski definition) is 1. The van der Waals surface area contributed by atoms with Crippen molar-refractivity contribution in [1.82, 2.24) is 19.6 Å². The fourth-order valence-electron chi connectivity index (χ4n) is 5.88. The van der Waals surface area contributed by atoms with E-state index in [4.69, 9.17) is 5.73 Å². The molecule has 10 heteroatoms. The van der Waals surface area contributed by atoms with Crippen LogP contribution < -0.4 is 5.73 Å². The maximum absolute atomic E-state index is 13.5. The van der Waals surface area contributed by atoms with E-state index < -0.39 is 30.1 Å². The minimum absolute atomic E-state index is 0.122. The molecule has 0 radical (unpaired) electrons. The summed E-state index contributed by atoms with van der Waals surface area (Å²) in [5.74, 6) is -1.21. The fourth-order valence-corrected chi connectivity index (χ4v) is 5.88. The van der Waals surface area contributed by atoms with E-state index in [1.54, 1.807) is 14.7 Å². The van der Waals surface area contributed by atoms with Gasteiger partial charge in [0.15, 0.2) is 0 Å². The highest BCUT2D eigenvalue weighted by Gasteiger charge is 2.47. The molecule has 5 amide bonds. The molecule has 4 saturated heterocycles. The zero-order valence-electron chi connectivity index (χ0n) is 18.7. The molecule has 0 aromatic carbocycles. The molecule has 0 aliphatic carbocycles. The van der Waals surface area contributed by atoms with Crippen molar-refractivity contribution in [2.24, 2.45) is 5.73 Å². The van der Waals surface area contributed by atoms with E-state index in [1.807, 2.05) is 0 Å². The van der Waals surface area contributed by atoms with Crippen molar-refractivity contribution >= 4 is 29.5 Å². The lowest BCUT2D eigenvalue weighted by Gasteiger charge is -2.35. The number of hydrogen-bond acceptors (Lipinski definition) is 5. The van der Waals surface area contributed by atoms with Gasteiger partial charge in [-0.25, -0.2) is 0 Å². The molecule has 176 valence electrons. The summed E-state index contributed by atoms with van der Waals surface area (Å²) in [7, 11) is 0. The van der Waals surface area contributed by atoms with Crippen LogP contribution >= 0.6 is 0 Å². The van der Waals surface area contributed by atoms with Crippen molar-refractivity contribution in [2.45, 2.75) is 82.5 Å². The Hall–Kier alpha value is -2.65.